The number of hydrogen-bond acceptors (Lipinski definition) is 6. The number of rotatable bonds is 4. The zero-order valence-corrected chi connectivity index (χ0v) is 11.6. The molecule has 0 aliphatic rings. The summed E-state index contributed by atoms with van der Waals surface area (Å²) in [5.74, 6) is 0.622. The summed E-state index contributed by atoms with van der Waals surface area (Å²) < 4.78 is 1.38. The molecule has 0 saturated carbocycles. The van der Waals surface area contributed by atoms with Crippen molar-refractivity contribution in [2.24, 2.45) is 0 Å². The van der Waals surface area contributed by atoms with Gasteiger partial charge in [0.1, 0.15) is 5.51 Å². The van der Waals surface area contributed by atoms with Gasteiger partial charge in [0.05, 0.1) is 9.40 Å². The van der Waals surface area contributed by atoms with Crippen molar-refractivity contribution in [3.63, 3.8) is 0 Å². The quantitative estimate of drug-likeness (QED) is 0.487. The van der Waals surface area contributed by atoms with Gasteiger partial charge in [-0.3, -0.25) is 10.1 Å². The Labute approximate surface area is 114 Å². The van der Waals surface area contributed by atoms with Crippen molar-refractivity contribution in [2.45, 2.75) is 10.1 Å². The van der Waals surface area contributed by atoms with E-state index in [9.17, 15) is 10.1 Å². The van der Waals surface area contributed by atoms with E-state index < -0.39 is 4.92 Å². The van der Waals surface area contributed by atoms with Crippen LogP contribution < -0.4 is 0 Å². The standard InChI is InChI=1S/C9H6BrN3O2S2/c10-8-6(2-1-3-7(8)13(14)15)4-16-9-12-11-5-17-9/h1-3,5H,4H2. The van der Waals surface area contributed by atoms with Gasteiger partial charge >= 0.3 is 0 Å². The van der Waals surface area contributed by atoms with Gasteiger partial charge in [-0.1, -0.05) is 35.2 Å². The van der Waals surface area contributed by atoms with E-state index in [2.05, 4.69) is 26.1 Å². The van der Waals surface area contributed by atoms with Gasteiger partial charge < -0.3 is 0 Å². The second-order valence-electron chi connectivity index (χ2n) is 3.00. The lowest BCUT2D eigenvalue weighted by Crippen LogP contribution is -1.92. The molecule has 0 bridgehead atoms. The molecule has 0 radical (unpaired) electrons. The molecule has 0 amide bonds. The summed E-state index contributed by atoms with van der Waals surface area (Å²) in [6.45, 7) is 0. The van der Waals surface area contributed by atoms with Gasteiger partial charge in [0.15, 0.2) is 4.34 Å². The lowest BCUT2D eigenvalue weighted by molar-refractivity contribution is -0.385. The number of thioether (sulfide) groups is 1. The van der Waals surface area contributed by atoms with Crippen LogP contribution in [0.1, 0.15) is 5.56 Å². The van der Waals surface area contributed by atoms with Crippen LogP contribution in [0.5, 0.6) is 0 Å². The Balaban J connectivity index is 2.16. The van der Waals surface area contributed by atoms with Gasteiger partial charge in [0.25, 0.3) is 5.69 Å². The van der Waals surface area contributed by atoms with E-state index in [0.717, 1.165) is 9.90 Å². The highest BCUT2D eigenvalue weighted by Crippen LogP contribution is 2.32. The molecule has 0 fully saturated rings. The van der Waals surface area contributed by atoms with Gasteiger partial charge in [-0.2, -0.15) is 0 Å². The molecule has 17 heavy (non-hydrogen) atoms. The molecule has 8 heteroatoms. The maximum absolute atomic E-state index is 10.8. The monoisotopic (exact) mass is 331 g/mol. The van der Waals surface area contributed by atoms with Crippen molar-refractivity contribution in [1.82, 2.24) is 10.2 Å². The molecule has 0 N–H and O–H groups in total. The lowest BCUT2D eigenvalue weighted by Gasteiger charge is -2.02. The minimum Gasteiger partial charge on any atom is -0.258 e. The second-order valence-corrected chi connectivity index (χ2v) is 5.85. The topological polar surface area (TPSA) is 68.9 Å². The molecule has 0 saturated heterocycles. The zero-order chi connectivity index (χ0) is 12.3. The summed E-state index contributed by atoms with van der Waals surface area (Å²) in [6, 6.07) is 5.01. The Kier molecular flexibility index (Phi) is 4.08. The Hall–Kier alpha value is -0.990. The highest BCUT2D eigenvalue weighted by atomic mass is 79.9. The third kappa shape index (κ3) is 3.02. The lowest BCUT2D eigenvalue weighted by atomic mass is 10.2. The number of nitrogens with zero attached hydrogens (tertiary/aromatic N) is 3. The molecular weight excluding hydrogens is 326 g/mol. The van der Waals surface area contributed by atoms with Crippen molar-refractivity contribution in [1.29, 1.82) is 0 Å². The predicted molar refractivity (Wildman–Crippen MR) is 70.3 cm³/mol. The number of nitro benzene ring substituents is 1. The normalized spacial score (nSPS) is 10.4. The third-order valence-corrected chi connectivity index (χ3v) is 4.77. The first-order valence-electron chi connectivity index (χ1n) is 4.49. The summed E-state index contributed by atoms with van der Waals surface area (Å²) in [6.07, 6.45) is 0. The number of halogens is 1. The van der Waals surface area contributed by atoms with Crippen molar-refractivity contribution in [3.8, 4) is 0 Å². The van der Waals surface area contributed by atoms with E-state index in [1.54, 1.807) is 11.6 Å². The average Bonchev–Trinajstić information content (AvgIpc) is 2.80. The first kappa shape index (κ1) is 12.5. The first-order valence-corrected chi connectivity index (χ1v) is 7.15. The maximum Gasteiger partial charge on any atom is 0.283 e. The average molecular weight is 332 g/mol. The molecule has 2 aromatic rings. The van der Waals surface area contributed by atoms with E-state index >= 15 is 0 Å². The Morgan fingerprint density at radius 2 is 2.35 bits per heavy atom. The fraction of sp³-hybridized carbons (Fsp3) is 0.111. The summed E-state index contributed by atoms with van der Waals surface area (Å²) >= 11 is 6.22. The van der Waals surface area contributed by atoms with Gasteiger partial charge in [-0.15, -0.1) is 10.2 Å². The molecule has 88 valence electrons. The molecule has 0 aliphatic heterocycles. The molecule has 5 nitrogen and oxygen atoms in total. The number of benzene rings is 1. The van der Waals surface area contributed by atoms with Crippen LogP contribution in [0, 0.1) is 10.1 Å². The van der Waals surface area contributed by atoms with Crippen LogP contribution >= 0.6 is 39.0 Å². The van der Waals surface area contributed by atoms with Crippen LogP contribution in [0.25, 0.3) is 0 Å². The van der Waals surface area contributed by atoms with Gasteiger partial charge in [-0.05, 0) is 21.5 Å². The van der Waals surface area contributed by atoms with Crippen LogP contribution in [-0.4, -0.2) is 15.1 Å². The van der Waals surface area contributed by atoms with Crippen LogP contribution in [0.4, 0.5) is 5.69 Å². The van der Waals surface area contributed by atoms with E-state index in [1.807, 2.05) is 6.07 Å². The fourth-order valence-corrected chi connectivity index (χ4v) is 3.40. The van der Waals surface area contributed by atoms with Crippen LogP contribution in [-0.2, 0) is 5.75 Å². The summed E-state index contributed by atoms with van der Waals surface area (Å²) in [5, 5.41) is 18.4. The summed E-state index contributed by atoms with van der Waals surface area (Å²) in [5.41, 5.74) is 2.62. The predicted octanol–water partition coefficient (Wildman–Crippen LogP) is 3.50. The summed E-state index contributed by atoms with van der Waals surface area (Å²) in [4.78, 5) is 10.4. The molecule has 1 aromatic carbocycles. The van der Waals surface area contributed by atoms with E-state index in [4.69, 9.17) is 0 Å². The van der Waals surface area contributed by atoms with Crippen molar-refractivity contribution in [2.75, 3.05) is 0 Å². The summed E-state index contributed by atoms with van der Waals surface area (Å²) in [7, 11) is 0. The zero-order valence-electron chi connectivity index (χ0n) is 8.37. The van der Waals surface area contributed by atoms with Crippen molar-refractivity contribution in [3.05, 3.63) is 43.9 Å². The molecule has 0 spiro atoms. The highest BCUT2D eigenvalue weighted by molar-refractivity contribution is 9.10. The second kappa shape index (κ2) is 5.56. The SMILES string of the molecule is O=[N+]([O-])c1cccc(CSc2nncs2)c1Br. The molecule has 2 rings (SSSR count). The van der Waals surface area contributed by atoms with Gasteiger partial charge in [-0.25, -0.2) is 0 Å². The van der Waals surface area contributed by atoms with Crippen molar-refractivity contribution >= 4 is 44.7 Å². The van der Waals surface area contributed by atoms with E-state index in [-0.39, 0.29) is 5.69 Å². The van der Waals surface area contributed by atoms with Gasteiger partial charge in [0, 0.05) is 11.8 Å². The maximum atomic E-state index is 10.8. The van der Waals surface area contributed by atoms with Crippen LogP contribution in [0.15, 0.2) is 32.5 Å². The minimum atomic E-state index is -0.400. The van der Waals surface area contributed by atoms with Crippen molar-refractivity contribution < 1.29 is 4.92 Å². The van der Waals surface area contributed by atoms with Crippen LogP contribution in [0.2, 0.25) is 0 Å². The molecule has 0 aliphatic carbocycles. The van der Waals surface area contributed by atoms with Crippen LogP contribution in [0.3, 0.4) is 0 Å². The molecule has 0 atom stereocenters. The molecule has 1 heterocycles. The number of nitro groups is 1. The van der Waals surface area contributed by atoms with E-state index in [1.165, 1.54) is 29.2 Å². The highest BCUT2D eigenvalue weighted by Gasteiger charge is 2.14. The molecular formula is C9H6BrN3O2S2. The molecule has 0 unspecified atom stereocenters. The Morgan fingerprint density at radius 1 is 1.53 bits per heavy atom. The smallest absolute Gasteiger partial charge is 0.258 e. The third-order valence-electron chi connectivity index (χ3n) is 1.95. The van der Waals surface area contributed by atoms with E-state index in [0.29, 0.717) is 10.2 Å². The van der Waals surface area contributed by atoms with Gasteiger partial charge in [0.2, 0.25) is 0 Å². The fourth-order valence-electron chi connectivity index (χ4n) is 1.18. The largest absolute Gasteiger partial charge is 0.283 e. The number of hydrogen-bond donors (Lipinski definition) is 0. The molecule has 1 aromatic heterocycles. The first-order chi connectivity index (χ1) is 8.18. The minimum absolute atomic E-state index is 0.0837. The Morgan fingerprint density at radius 3 is 3.00 bits per heavy atom. The Bertz CT molecular complexity index is 533. The number of aromatic nitrogens is 2.